The molecule has 0 aliphatic carbocycles. The van der Waals surface area contributed by atoms with Crippen LogP contribution in [0.25, 0.3) is 10.9 Å². The second-order valence-electron chi connectivity index (χ2n) is 5.99. The van der Waals surface area contributed by atoms with Gasteiger partial charge in [0.15, 0.2) is 5.78 Å². The monoisotopic (exact) mass is 389 g/mol. The molecule has 0 spiro atoms. The van der Waals surface area contributed by atoms with Crippen molar-refractivity contribution in [2.24, 2.45) is 0 Å². The summed E-state index contributed by atoms with van der Waals surface area (Å²) in [5.74, 6) is -0.000704. The van der Waals surface area contributed by atoms with Crippen LogP contribution < -0.4 is 0 Å². The zero-order valence-electron chi connectivity index (χ0n) is 14.6. The highest BCUT2D eigenvalue weighted by Crippen LogP contribution is 2.27. The lowest BCUT2D eigenvalue weighted by Crippen LogP contribution is -2.22. The molecule has 0 radical (unpaired) electrons. The van der Waals surface area contributed by atoms with Gasteiger partial charge in [0.1, 0.15) is 4.90 Å². The van der Waals surface area contributed by atoms with E-state index >= 15 is 0 Å². The average Bonchev–Trinajstić information content (AvgIpc) is 3.05. The number of hydrogen-bond acceptors (Lipinski definition) is 5. The Morgan fingerprint density at radius 3 is 2.58 bits per heavy atom. The van der Waals surface area contributed by atoms with Gasteiger partial charge in [-0.25, -0.2) is 17.7 Å². The zero-order chi connectivity index (χ0) is 18.9. The molecule has 0 saturated heterocycles. The van der Waals surface area contributed by atoms with Crippen LogP contribution in [0.1, 0.15) is 17.3 Å². The van der Waals surface area contributed by atoms with E-state index in [-0.39, 0.29) is 15.9 Å². The van der Waals surface area contributed by atoms with Gasteiger partial charge in [-0.2, -0.15) is 0 Å². The van der Waals surface area contributed by atoms with Gasteiger partial charge in [0.25, 0.3) is 0 Å². The van der Waals surface area contributed by atoms with Crippen molar-refractivity contribution in [3.05, 3.63) is 54.4 Å². The first-order chi connectivity index (χ1) is 12.3. The molecule has 8 heteroatoms. The summed E-state index contributed by atoms with van der Waals surface area (Å²) in [5.41, 5.74) is 1.57. The third kappa shape index (κ3) is 3.53. The number of carbonyl (C=O) groups is 1. The number of sulfonamides is 1. The van der Waals surface area contributed by atoms with Gasteiger partial charge in [0, 0.05) is 43.0 Å². The minimum absolute atomic E-state index is 0.000704. The van der Waals surface area contributed by atoms with Crippen LogP contribution in [-0.2, 0) is 10.0 Å². The summed E-state index contributed by atoms with van der Waals surface area (Å²) in [6, 6.07) is 10.8. The highest BCUT2D eigenvalue weighted by atomic mass is 32.2. The van der Waals surface area contributed by atoms with Crippen LogP contribution >= 0.6 is 11.8 Å². The number of H-pyrrole nitrogens is 1. The highest BCUT2D eigenvalue weighted by Gasteiger charge is 2.21. The van der Waals surface area contributed by atoms with Crippen molar-refractivity contribution in [3.63, 3.8) is 0 Å². The average molecular weight is 390 g/mol. The molecule has 0 aliphatic rings. The summed E-state index contributed by atoms with van der Waals surface area (Å²) in [6.07, 6.45) is 3.05. The number of nitrogens with zero attached hydrogens (tertiary/aromatic N) is 2. The maximum absolute atomic E-state index is 12.8. The Hall–Kier alpha value is -2.16. The van der Waals surface area contributed by atoms with Crippen LogP contribution in [0.5, 0.6) is 0 Å². The molecule has 1 atom stereocenters. The number of hydrogen-bond donors (Lipinski definition) is 1. The fraction of sp³-hybridized carbons (Fsp3) is 0.222. The Kier molecular flexibility index (Phi) is 5.17. The summed E-state index contributed by atoms with van der Waals surface area (Å²) in [7, 11) is -0.563. The van der Waals surface area contributed by atoms with E-state index in [2.05, 4.69) is 9.97 Å². The summed E-state index contributed by atoms with van der Waals surface area (Å²) < 4.78 is 25.3. The van der Waals surface area contributed by atoms with E-state index in [1.165, 1.54) is 38.1 Å². The second kappa shape index (κ2) is 7.22. The predicted octanol–water partition coefficient (Wildman–Crippen LogP) is 3.18. The van der Waals surface area contributed by atoms with E-state index in [4.69, 9.17) is 0 Å². The van der Waals surface area contributed by atoms with Crippen LogP contribution in [0.3, 0.4) is 0 Å². The Morgan fingerprint density at radius 2 is 1.92 bits per heavy atom. The normalized spacial score (nSPS) is 13.2. The number of Topliss-reactive ketones (excluding diaryl/α,β-unsaturated/α-hetero) is 1. The van der Waals surface area contributed by atoms with Crippen molar-refractivity contribution in [3.8, 4) is 0 Å². The maximum Gasteiger partial charge on any atom is 0.244 e. The van der Waals surface area contributed by atoms with E-state index in [0.717, 1.165) is 15.2 Å². The van der Waals surface area contributed by atoms with E-state index in [0.29, 0.717) is 10.6 Å². The van der Waals surface area contributed by atoms with Crippen molar-refractivity contribution in [2.75, 3.05) is 14.1 Å². The van der Waals surface area contributed by atoms with Crippen LogP contribution in [0.4, 0.5) is 0 Å². The number of para-hydroxylation sites is 1. The molecule has 2 aromatic heterocycles. The van der Waals surface area contributed by atoms with Crippen LogP contribution in [-0.4, -0.2) is 47.8 Å². The van der Waals surface area contributed by atoms with E-state index in [9.17, 15) is 13.2 Å². The number of aromatic nitrogens is 2. The minimum Gasteiger partial charge on any atom is -0.360 e. The molecule has 0 bridgehead atoms. The first-order valence-corrected chi connectivity index (χ1v) is 10.3. The number of fused-ring (bicyclic) bond motifs is 1. The second-order valence-corrected chi connectivity index (χ2v) is 9.50. The van der Waals surface area contributed by atoms with Gasteiger partial charge in [-0.15, -0.1) is 0 Å². The molecular weight excluding hydrogens is 370 g/mol. The van der Waals surface area contributed by atoms with Gasteiger partial charge < -0.3 is 4.98 Å². The van der Waals surface area contributed by atoms with Gasteiger partial charge in [0.05, 0.1) is 10.3 Å². The molecule has 0 amide bonds. The predicted molar refractivity (Wildman–Crippen MR) is 103 cm³/mol. The third-order valence-corrected chi connectivity index (χ3v) is 6.86. The molecule has 136 valence electrons. The lowest BCUT2D eigenvalue weighted by atomic mass is 10.1. The molecule has 1 aromatic carbocycles. The summed E-state index contributed by atoms with van der Waals surface area (Å²) >= 11 is 1.30. The molecule has 2 heterocycles. The smallest absolute Gasteiger partial charge is 0.244 e. The topological polar surface area (TPSA) is 83.1 Å². The molecule has 1 unspecified atom stereocenters. The first-order valence-electron chi connectivity index (χ1n) is 7.96. The number of benzene rings is 1. The number of thioether (sulfide) groups is 1. The highest BCUT2D eigenvalue weighted by molar-refractivity contribution is 8.00. The molecule has 1 N–H and O–H groups in total. The molecule has 0 aliphatic heterocycles. The molecule has 6 nitrogen and oxygen atoms in total. The summed E-state index contributed by atoms with van der Waals surface area (Å²) in [6.45, 7) is 1.82. The standard InChI is InChI=1S/C18H19N3O3S2/c1-12(18(22)15-11-19-16-7-5-4-6-14(15)16)25-17-9-8-13(10-20-17)26(23,24)21(2)3/h4-12,19H,1-3H3. The van der Waals surface area contributed by atoms with Crippen LogP contribution in [0.15, 0.2) is 58.7 Å². The Balaban J connectivity index is 1.77. The van der Waals surface area contributed by atoms with Crippen molar-refractivity contribution in [2.45, 2.75) is 22.1 Å². The Bertz CT molecular complexity index is 1040. The number of rotatable bonds is 6. The largest absolute Gasteiger partial charge is 0.360 e. The van der Waals surface area contributed by atoms with Gasteiger partial charge >= 0.3 is 0 Å². The molecule has 26 heavy (non-hydrogen) atoms. The van der Waals surface area contributed by atoms with Gasteiger partial charge in [0.2, 0.25) is 10.0 Å². The SMILES string of the molecule is CC(Sc1ccc(S(=O)(=O)N(C)C)cn1)C(=O)c1c[nH]c2ccccc12. The van der Waals surface area contributed by atoms with Crippen molar-refractivity contribution in [1.29, 1.82) is 0 Å². The number of nitrogens with one attached hydrogen (secondary N) is 1. The van der Waals surface area contributed by atoms with Gasteiger partial charge in [-0.1, -0.05) is 30.0 Å². The fourth-order valence-electron chi connectivity index (χ4n) is 2.53. The quantitative estimate of drug-likeness (QED) is 0.517. The third-order valence-electron chi connectivity index (χ3n) is 4.01. The Morgan fingerprint density at radius 1 is 1.19 bits per heavy atom. The summed E-state index contributed by atoms with van der Waals surface area (Å²) in [5, 5.41) is 1.15. The number of aromatic amines is 1. The van der Waals surface area contributed by atoms with E-state index in [1.807, 2.05) is 31.2 Å². The van der Waals surface area contributed by atoms with Crippen molar-refractivity contribution >= 4 is 38.5 Å². The lowest BCUT2D eigenvalue weighted by molar-refractivity contribution is 0.0995. The number of pyridine rings is 1. The molecule has 3 rings (SSSR count). The van der Waals surface area contributed by atoms with Crippen molar-refractivity contribution < 1.29 is 13.2 Å². The van der Waals surface area contributed by atoms with Gasteiger partial charge in [-0.3, -0.25) is 4.79 Å². The minimum atomic E-state index is -3.51. The number of carbonyl (C=O) groups excluding carboxylic acids is 1. The van der Waals surface area contributed by atoms with E-state index in [1.54, 1.807) is 12.3 Å². The molecule has 3 aromatic rings. The molecular formula is C18H19N3O3S2. The molecule has 0 fully saturated rings. The van der Waals surface area contributed by atoms with E-state index < -0.39 is 10.0 Å². The zero-order valence-corrected chi connectivity index (χ0v) is 16.3. The van der Waals surface area contributed by atoms with Crippen LogP contribution in [0, 0.1) is 0 Å². The van der Waals surface area contributed by atoms with Crippen LogP contribution in [0.2, 0.25) is 0 Å². The summed E-state index contributed by atoms with van der Waals surface area (Å²) in [4.78, 5) is 20.2. The maximum atomic E-state index is 12.8. The molecule has 0 saturated carbocycles. The fourth-order valence-corrected chi connectivity index (χ4v) is 4.23. The Labute approximate surface area is 156 Å². The van der Waals surface area contributed by atoms with Gasteiger partial charge in [-0.05, 0) is 25.1 Å². The number of ketones is 1. The first kappa shape index (κ1) is 18.6. The van der Waals surface area contributed by atoms with Crippen molar-refractivity contribution in [1.82, 2.24) is 14.3 Å². The lowest BCUT2D eigenvalue weighted by Gasteiger charge is -2.12.